The van der Waals surface area contributed by atoms with Crippen LogP contribution in [0.2, 0.25) is 0 Å². The fourth-order valence-corrected chi connectivity index (χ4v) is 3.48. The Bertz CT molecular complexity index is 839. The lowest BCUT2D eigenvalue weighted by atomic mass is 9.88. The first-order valence-electron chi connectivity index (χ1n) is 9.07. The van der Waals surface area contributed by atoms with E-state index in [2.05, 4.69) is 5.92 Å². The van der Waals surface area contributed by atoms with Gasteiger partial charge < -0.3 is 30.3 Å². The maximum absolute atomic E-state index is 10.4. The van der Waals surface area contributed by atoms with Gasteiger partial charge in [-0.1, -0.05) is 36.3 Å². The van der Waals surface area contributed by atoms with E-state index in [4.69, 9.17) is 11.2 Å². The fourth-order valence-electron chi connectivity index (χ4n) is 3.48. The minimum absolute atomic E-state index is 0.276. The van der Waals surface area contributed by atoms with Gasteiger partial charge in [0.15, 0.2) is 0 Å². The Morgan fingerprint density at radius 2 is 1.57 bits per heavy atom. The summed E-state index contributed by atoms with van der Waals surface area (Å²) in [6.45, 7) is -0.779. The van der Waals surface area contributed by atoms with E-state index in [0.29, 0.717) is 17.5 Å². The molecule has 2 aromatic rings. The predicted octanol–water partition coefficient (Wildman–Crippen LogP) is 0.266. The van der Waals surface area contributed by atoms with E-state index in [1.807, 2.05) is 30.3 Å². The summed E-state index contributed by atoms with van der Waals surface area (Å²) in [5, 5.41) is 49.6. The van der Waals surface area contributed by atoms with E-state index in [9.17, 15) is 25.5 Å². The van der Waals surface area contributed by atoms with E-state index in [1.165, 1.54) is 0 Å². The lowest BCUT2D eigenvalue weighted by molar-refractivity contribution is -0.232. The minimum atomic E-state index is -1.47. The van der Waals surface area contributed by atoms with Gasteiger partial charge in [-0.05, 0) is 40.8 Å². The Morgan fingerprint density at radius 3 is 2.18 bits per heavy atom. The van der Waals surface area contributed by atoms with Gasteiger partial charge in [-0.2, -0.15) is 0 Å². The van der Waals surface area contributed by atoms with Gasteiger partial charge in [-0.15, -0.1) is 6.42 Å². The van der Waals surface area contributed by atoms with Gasteiger partial charge in [-0.3, -0.25) is 0 Å². The van der Waals surface area contributed by atoms with Crippen LogP contribution in [0.1, 0.15) is 33.9 Å². The molecule has 0 unspecified atom stereocenters. The van der Waals surface area contributed by atoms with Gasteiger partial charge >= 0.3 is 0 Å². The Kier molecular flexibility index (Phi) is 6.47. The molecule has 3 rings (SSSR count). The lowest BCUT2D eigenvalue weighted by Crippen LogP contribution is -2.55. The number of terminal acetylenes is 1. The monoisotopic (exact) mass is 384 g/mol. The summed E-state index contributed by atoms with van der Waals surface area (Å²) in [7, 11) is 0. The highest BCUT2D eigenvalue weighted by Crippen LogP contribution is 2.35. The van der Waals surface area contributed by atoms with Crippen molar-refractivity contribution < 1.29 is 30.3 Å². The number of hydrogen-bond acceptors (Lipinski definition) is 6. The molecule has 28 heavy (non-hydrogen) atoms. The first kappa shape index (κ1) is 20.5. The Morgan fingerprint density at radius 1 is 0.893 bits per heavy atom. The van der Waals surface area contributed by atoms with Gasteiger partial charge in [-0.25, -0.2) is 0 Å². The average molecular weight is 384 g/mol. The van der Waals surface area contributed by atoms with E-state index in [0.717, 1.165) is 16.7 Å². The zero-order valence-electron chi connectivity index (χ0n) is 15.3. The highest BCUT2D eigenvalue weighted by Gasteiger charge is 2.44. The van der Waals surface area contributed by atoms with Gasteiger partial charge in [0.05, 0.1) is 13.2 Å². The summed E-state index contributed by atoms with van der Waals surface area (Å²) < 4.78 is 5.65. The normalized spacial score (nSPS) is 27.4. The molecular formula is C22H24O6. The first-order chi connectivity index (χ1) is 13.5. The zero-order chi connectivity index (χ0) is 20.3. The molecule has 0 spiro atoms. The Labute approximate surface area is 163 Å². The maximum atomic E-state index is 10.4. The first-order valence-corrected chi connectivity index (χ1v) is 9.07. The third-order valence-corrected chi connectivity index (χ3v) is 5.11. The number of aliphatic hydroxyl groups excluding tert-OH is 5. The Balaban J connectivity index is 1.91. The average Bonchev–Trinajstić information content (AvgIpc) is 2.73. The van der Waals surface area contributed by atoms with Crippen LogP contribution in [0.3, 0.4) is 0 Å². The largest absolute Gasteiger partial charge is 0.394 e. The number of aliphatic hydroxyl groups is 5. The molecule has 5 N–H and O–H groups in total. The minimum Gasteiger partial charge on any atom is -0.394 e. The summed E-state index contributed by atoms with van der Waals surface area (Å²) in [5.74, 6) is 2.57. The van der Waals surface area contributed by atoms with Gasteiger partial charge in [0, 0.05) is 5.56 Å². The molecule has 6 heteroatoms. The highest BCUT2D eigenvalue weighted by molar-refractivity contribution is 5.39. The smallest absolute Gasteiger partial charge is 0.113 e. The van der Waals surface area contributed by atoms with E-state index >= 15 is 0 Å². The summed E-state index contributed by atoms with van der Waals surface area (Å²) in [6.07, 6.45) is -0.305. The number of hydrogen-bond donors (Lipinski definition) is 5. The SMILES string of the molecule is C#Cc1ccc(Cc2ccc(CO)c([C@@H]3O[C@H](CO)[C@@H](O)[C@H](O)[C@H]3O)c2)cc1. The van der Waals surface area contributed by atoms with Crippen LogP contribution in [-0.4, -0.2) is 56.6 Å². The van der Waals surface area contributed by atoms with E-state index in [1.54, 1.807) is 12.1 Å². The second-order valence-electron chi connectivity index (χ2n) is 6.96. The van der Waals surface area contributed by atoms with Crippen molar-refractivity contribution in [1.29, 1.82) is 0 Å². The van der Waals surface area contributed by atoms with Crippen LogP contribution >= 0.6 is 0 Å². The molecule has 0 bridgehead atoms. The lowest BCUT2D eigenvalue weighted by Gasteiger charge is -2.40. The molecule has 0 amide bonds. The number of rotatable bonds is 5. The molecule has 0 aliphatic carbocycles. The molecular weight excluding hydrogens is 360 g/mol. The van der Waals surface area contributed by atoms with Crippen LogP contribution in [-0.2, 0) is 17.8 Å². The van der Waals surface area contributed by atoms with Crippen molar-refractivity contribution in [3.05, 3.63) is 70.3 Å². The zero-order valence-corrected chi connectivity index (χ0v) is 15.3. The molecule has 0 radical (unpaired) electrons. The number of ether oxygens (including phenoxy) is 1. The van der Waals surface area contributed by atoms with Gasteiger partial charge in [0.25, 0.3) is 0 Å². The highest BCUT2D eigenvalue weighted by atomic mass is 16.5. The quantitative estimate of drug-likeness (QED) is 0.473. The van der Waals surface area contributed by atoms with Crippen LogP contribution in [0.4, 0.5) is 0 Å². The van der Waals surface area contributed by atoms with E-state index < -0.39 is 37.1 Å². The Hall–Kier alpha value is -2.24. The van der Waals surface area contributed by atoms with Crippen LogP contribution in [0.15, 0.2) is 42.5 Å². The van der Waals surface area contributed by atoms with Crippen LogP contribution < -0.4 is 0 Å². The molecule has 1 fully saturated rings. The molecule has 1 aliphatic rings. The fraction of sp³-hybridized carbons (Fsp3) is 0.364. The van der Waals surface area contributed by atoms with Crippen molar-refractivity contribution in [1.82, 2.24) is 0 Å². The van der Waals surface area contributed by atoms with Crippen LogP contribution in [0.25, 0.3) is 0 Å². The van der Waals surface area contributed by atoms with Crippen molar-refractivity contribution in [2.45, 2.75) is 43.5 Å². The van der Waals surface area contributed by atoms with E-state index in [-0.39, 0.29) is 6.61 Å². The molecule has 6 nitrogen and oxygen atoms in total. The molecule has 148 valence electrons. The van der Waals surface area contributed by atoms with Crippen molar-refractivity contribution in [2.75, 3.05) is 6.61 Å². The number of benzene rings is 2. The molecule has 0 saturated carbocycles. The molecule has 1 saturated heterocycles. The summed E-state index contributed by atoms with van der Waals surface area (Å²) in [6, 6.07) is 13.0. The molecule has 1 heterocycles. The van der Waals surface area contributed by atoms with Crippen molar-refractivity contribution in [3.63, 3.8) is 0 Å². The van der Waals surface area contributed by atoms with Crippen LogP contribution in [0, 0.1) is 12.3 Å². The predicted molar refractivity (Wildman–Crippen MR) is 102 cm³/mol. The molecule has 0 aromatic heterocycles. The molecule has 2 aromatic carbocycles. The second kappa shape index (κ2) is 8.84. The standard InChI is InChI=1S/C22H24O6/c1-2-13-3-5-14(6-4-13)9-15-7-8-16(11-23)17(10-15)22-21(27)20(26)19(25)18(12-24)28-22/h1,3-8,10,18-27H,9,11-12H2/t18-,19-,20+,21-,22+/m1/s1. The summed E-state index contributed by atoms with van der Waals surface area (Å²) in [5.41, 5.74) is 3.79. The van der Waals surface area contributed by atoms with Crippen LogP contribution in [0.5, 0.6) is 0 Å². The third kappa shape index (κ3) is 4.10. The molecule has 5 atom stereocenters. The van der Waals surface area contributed by atoms with Crippen molar-refractivity contribution in [2.24, 2.45) is 0 Å². The topological polar surface area (TPSA) is 110 Å². The summed E-state index contributed by atoms with van der Waals surface area (Å²) >= 11 is 0. The maximum Gasteiger partial charge on any atom is 0.113 e. The third-order valence-electron chi connectivity index (χ3n) is 5.11. The van der Waals surface area contributed by atoms with Gasteiger partial charge in [0.2, 0.25) is 0 Å². The van der Waals surface area contributed by atoms with Crippen molar-refractivity contribution >= 4 is 0 Å². The second-order valence-corrected chi connectivity index (χ2v) is 6.96. The van der Waals surface area contributed by atoms with Gasteiger partial charge in [0.1, 0.15) is 30.5 Å². The van der Waals surface area contributed by atoms with Crippen molar-refractivity contribution in [3.8, 4) is 12.3 Å². The summed E-state index contributed by atoms with van der Waals surface area (Å²) in [4.78, 5) is 0. The molecule has 1 aliphatic heterocycles.